The van der Waals surface area contributed by atoms with Gasteiger partial charge < -0.3 is 9.72 Å². The molecule has 3 rings (SSSR count). The third kappa shape index (κ3) is 2.85. The summed E-state index contributed by atoms with van der Waals surface area (Å²) in [5.74, 6) is 0.453. The Morgan fingerprint density at radius 3 is 2.52 bits per heavy atom. The van der Waals surface area contributed by atoms with E-state index < -0.39 is 11.7 Å². The molecule has 1 aromatic carbocycles. The maximum absolute atomic E-state index is 12.5. The summed E-state index contributed by atoms with van der Waals surface area (Å²) in [4.78, 5) is 8.39. The lowest BCUT2D eigenvalue weighted by Gasteiger charge is -2.10. The second kappa shape index (κ2) is 5.03. The first-order chi connectivity index (χ1) is 9.93. The number of imidazole rings is 1. The molecule has 21 heavy (non-hydrogen) atoms. The summed E-state index contributed by atoms with van der Waals surface area (Å²) in [6.45, 7) is 0. The van der Waals surface area contributed by atoms with E-state index in [0.29, 0.717) is 21.8 Å². The Balaban J connectivity index is 1.93. The van der Waals surface area contributed by atoms with E-state index in [1.807, 2.05) is 0 Å². The van der Waals surface area contributed by atoms with Gasteiger partial charge in [0.25, 0.3) is 0 Å². The first kappa shape index (κ1) is 13.9. The van der Waals surface area contributed by atoms with Gasteiger partial charge in [0.15, 0.2) is 11.5 Å². The van der Waals surface area contributed by atoms with Gasteiger partial charge in [0.05, 0.1) is 5.56 Å². The highest BCUT2D eigenvalue weighted by Crippen LogP contribution is 2.30. The van der Waals surface area contributed by atoms with E-state index in [-0.39, 0.29) is 0 Å². The van der Waals surface area contributed by atoms with Gasteiger partial charge >= 0.3 is 6.18 Å². The molecule has 0 saturated heterocycles. The Kier molecular flexibility index (Phi) is 3.32. The van der Waals surface area contributed by atoms with Gasteiger partial charge in [-0.1, -0.05) is 0 Å². The van der Waals surface area contributed by atoms with Crippen LogP contribution in [0.3, 0.4) is 0 Å². The molecule has 2 heterocycles. The largest absolute Gasteiger partial charge is 0.416 e. The van der Waals surface area contributed by atoms with Crippen molar-refractivity contribution in [3.05, 3.63) is 53.0 Å². The van der Waals surface area contributed by atoms with Crippen LogP contribution in [0.2, 0.25) is 0 Å². The van der Waals surface area contributed by atoms with E-state index >= 15 is 0 Å². The van der Waals surface area contributed by atoms with Crippen molar-refractivity contribution >= 4 is 33.1 Å². The minimum absolute atomic E-state index is 0.453. The fourth-order valence-electron chi connectivity index (χ4n) is 1.86. The molecule has 0 unspecified atom stereocenters. The number of hydrogen-bond acceptors (Lipinski definition) is 3. The SMILES string of the molecule is FC(F)(F)c1ccc(Nc2nc(Br)cn3ccnc23)cc1. The minimum Gasteiger partial charge on any atom is -0.337 e. The molecule has 0 saturated carbocycles. The maximum Gasteiger partial charge on any atom is 0.416 e. The molecule has 0 aliphatic carbocycles. The summed E-state index contributed by atoms with van der Waals surface area (Å²) in [5, 5.41) is 2.96. The number of halogens is 4. The van der Waals surface area contributed by atoms with Crippen molar-refractivity contribution < 1.29 is 13.2 Å². The summed E-state index contributed by atoms with van der Waals surface area (Å²) in [6.07, 6.45) is 0.754. The molecule has 0 fully saturated rings. The zero-order valence-corrected chi connectivity index (χ0v) is 12.0. The lowest BCUT2D eigenvalue weighted by Crippen LogP contribution is -2.05. The van der Waals surface area contributed by atoms with Crippen molar-refractivity contribution in [1.82, 2.24) is 14.4 Å². The molecule has 0 atom stereocenters. The molecule has 0 bridgehead atoms. The zero-order chi connectivity index (χ0) is 15.0. The topological polar surface area (TPSA) is 42.2 Å². The number of aromatic nitrogens is 3. The first-order valence-corrected chi connectivity index (χ1v) is 6.66. The highest BCUT2D eigenvalue weighted by Gasteiger charge is 2.29. The molecular formula is C13H8BrF3N4. The van der Waals surface area contributed by atoms with Gasteiger partial charge in [-0.05, 0) is 40.2 Å². The standard InChI is InChI=1S/C13H8BrF3N4/c14-10-7-21-6-5-18-12(21)11(20-10)19-9-3-1-8(2-4-9)13(15,16)17/h1-7H,(H,19,20). The molecule has 4 nitrogen and oxygen atoms in total. The Morgan fingerprint density at radius 2 is 1.86 bits per heavy atom. The Labute approximate surface area is 125 Å². The molecule has 0 aliphatic rings. The predicted molar refractivity (Wildman–Crippen MR) is 75.4 cm³/mol. The fraction of sp³-hybridized carbons (Fsp3) is 0.0769. The molecule has 0 aliphatic heterocycles. The number of alkyl halides is 3. The fourth-order valence-corrected chi connectivity index (χ4v) is 2.26. The predicted octanol–water partition coefficient (Wildman–Crippen LogP) is 4.25. The van der Waals surface area contributed by atoms with Crippen molar-refractivity contribution in [2.75, 3.05) is 5.32 Å². The lowest BCUT2D eigenvalue weighted by atomic mass is 10.2. The Bertz CT molecular complexity index is 780. The van der Waals surface area contributed by atoms with Crippen molar-refractivity contribution in [2.45, 2.75) is 6.18 Å². The number of nitrogens with zero attached hydrogens (tertiary/aromatic N) is 3. The first-order valence-electron chi connectivity index (χ1n) is 5.87. The van der Waals surface area contributed by atoms with Crippen LogP contribution in [0, 0.1) is 0 Å². The van der Waals surface area contributed by atoms with Gasteiger partial charge in [0, 0.05) is 24.3 Å². The lowest BCUT2D eigenvalue weighted by molar-refractivity contribution is -0.137. The highest BCUT2D eigenvalue weighted by molar-refractivity contribution is 9.10. The van der Waals surface area contributed by atoms with Crippen LogP contribution in [0.4, 0.5) is 24.7 Å². The molecule has 0 spiro atoms. The van der Waals surface area contributed by atoms with Gasteiger partial charge in [0.1, 0.15) is 4.60 Å². The molecule has 2 aromatic heterocycles. The van der Waals surface area contributed by atoms with Gasteiger partial charge in [-0.15, -0.1) is 0 Å². The minimum atomic E-state index is -4.34. The van der Waals surface area contributed by atoms with Crippen LogP contribution in [-0.2, 0) is 6.18 Å². The number of hydrogen-bond donors (Lipinski definition) is 1. The Morgan fingerprint density at radius 1 is 1.14 bits per heavy atom. The van der Waals surface area contributed by atoms with E-state index in [4.69, 9.17) is 0 Å². The van der Waals surface area contributed by atoms with Crippen LogP contribution in [0.25, 0.3) is 5.65 Å². The molecule has 0 radical (unpaired) electrons. The maximum atomic E-state index is 12.5. The van der Waals surface area contributed by atoms with Crippen molar-refractivity contribution in [3.8, 4) is 0 Å². The smallest absolute Gasteiger partial charge is 0.337 e. The van der Waals surface area contributed by atoms with Gasteiger partial charge in [-0.3, -0.25) is 0 Å². The van der Waals surface area contributed by atoms with Gasteiger partial charge in [-0.2, -0.15) is 13.2 Å². The summed E-state index contributed by atoms with van der Waals surface area (Å²) in [6, 6.07) is 4.74. The number of fused-ring (bicyclic) bond motifs is 1. The summed E-state index contributed by atoms with van der Waals surface area (Å²) in [5.41, 5.74) is 0.387. The van der Waals surface area contributed by atoms with E-state index in [2.05, 4.69) is 31.2 Å². The van der Waals surface area contributed by atoms with Crippen LogP contribution in [0.1, 0.15) is 5.56 Å². The third-order valence-electron chi connectivity index (χ3n) is 2.82. The van der Waals surface area contributed by atoms with E-state index in [1.54, 1.807) is 23.0 Å². The average Bonchev–Trinajstić information content (AvgIpc) is 2.86. The van der Waals surface area contributed by atoms with Crippen LogP contribution >= 0.6 is 15.9 Å². The summed E-state index contributed by atoms with van der Waals surface area (Å²) in [7, 11) is 0. The molecular weight excluding hydrogens is 349 g/mol. The van der Waals surface area contributed by atoms with Crippen molar-refractivity contribution in [1.29, 1.82) is 0 Å². The van der Waals surface area contributed by atoms with E-state index in [9.17, 15) is 13.2 Å². The van der Waals surface area contributed by atoms with Gasteiger partial charge in [0.2, 0.25) is 0 Å². The second-order valence-electron chi connectivity index (χ2n) is 4.27. The number of benzene rings is 1. The molecule has 0 amide bonds. The average molecular weight is 357 g/mol. The quantitative estimate of drug-likeness (QED) is 0.746. The summed E-state index contributed by atoms with van der Waals surface area (Å²) < 4.78 is 39.9. The second-order valence-corrected chi connectivity index (χ2v) is 5.08. The Hall–Kier alpha value is -2.09. The summed E-state index contributed by atoms with van der Waals surface area (Å²) >= 11 is 3.27. The van der Waals surface area contributed by atoms with Gasteiger partial charge in [-0.25, -0.2) is 9.97 Å². The van der Waals surface area contributed by atoms with Crippen LogP contribution < -0.4 is 5.32 Å². The molecule has 1 N–H and O–H groups in total. The van der Waals surface area contributed by atoms with Crippen LogP contribution in [-0.4, -0.2) is 14.4 Å². The highest BCUT2D eigenvalue weighted by atomic mass is 79.9. The number of anilines is 2. The van der Waals surface area contributed by atoms with Crippen molar-refractivity contribution in [3.63, 3.8) is 0 Å². The van der Waals surface area contributed by atoms with Crippen LogP contribution in [0.5, 0.6) is 0 Å². The normalized spacial score (nSPS) is 11.8. The number of rotatable bonds is 2. The number of nitrogens with one attached hydrogen (secondary N) is 1. The van der Waals surface area contributed by atoms with Crippen LogP contribution in [0.15, 0.2) is 47.5 Å². The third-order valence-corrected chi connectivity index (χ3v) is 3.20. The monoisotopic (exact) mass is 356 g/mol. The van der Waals surface area contributed by atoms with E-state index in [1.165, 1.54) is 12.1 Å². The molecule has 108 valence electrons. The zero-order valence-electron chi connectivity index (χ0n) is 10.4. The molecule has 3 aromatic rings. The van der Waals surface area contributed by atoms with Crippen molar-refractivity contribution in [2.24, 2.45) is 0 Å². The van der Waals surface area contributed by atoms with E-state index in [0.717, 1.165) is 12.1 Å². The molecule has 8 heteroatoms.